The lowest BCUT2D eigenvalue weighted by Crippen LogP contribution is -2.21. The second-order valence-corrected chi connectivity index (χ2v) is 8.25. The zero-order chi connectivity index (χ0) is 21.5. The summed E-state index contributed by atoms with van der Waals surface area (Å²) in [7, 11) is 0. The van der Waals surface area contributed by atoms with Crippen molar-refractivity contribution >= 4 is 35.1 Å². The first-order valence-electron chi connectivity index (χ1n) is 9.61. The summed E-state index contributed by atoms with van der Waals surface area (Å²) >= 11 is 7.26. The molecule has 0 atom stereocenters. The van der Waals surface area contributed by atoms with E-state index in [1.165, 1.54) is 18.7 Å². The molecule has 1 aromatic heterocycles. The Hall–Kier alpha value is -2.64. The molecule has 156 valence electrons. The van der Waals surface area contributed by atoms with Gasteiger partial charge in [-0.2, -0.15) is 0 Å². The molecule has 2 aromatic carbocycles. The van der Waals surface area contributed by atoms with Gasteiger partial charge in [0.1, 0.15) is 5.82 Å². The predicted octanol–water partition coefficient (Wildman–Crippen LogP) is 4.27. The van der Waals surface area contributed by atoms with Crippen LogP contribution in [0.1, 0.15) is 35.1 Å². The second kappa shape index (κ2) is 10.4. The lowest BCUT2D eigenvalue weighted by atomic mass is 10.1. The minimum absolute atomic E-state index is 0.00216. The van der Waals surface area contributed by atoms with Gasteiger partial charge in [-0.15, -0.1) is 10.2 Å². The van der Waals surface area contributed by atoms with E-state index in [0.717, 1.165) is 23.5 Å². The fourth-order valence-corrected chi connectivity index (χ4v) is 3.86. The van der Waals surface area contributed by atoms with Crippen LogP contribution in [-0.2, 0) is 11.2 Å². The quantitative estimate of drug-likeness (QED) is 0.304. The SMILES string of the molecule is CC(=O)NCCCc1nnc(SCC(=O)c2ccc(Cl)cc2)n1-c1ccc(C)cc1. The van der Waals surface area contributed by atoms with Crippen molar-refractivity contribution in [3.05, 3.63) is 70.5 Å². The monoisotopic (exact) mass is 442 g/mol. The third-order valence-electron chi connectivity index (χ3n) is 4.44. The number of thioether (sulfide) groups is 1. The van der Waals surface area contributed by atoms with Crippen molar-refractivity contribution < 1.29 is 9.59 Å². The molecule has 6 nitrogen and oxygen atoms in total. The molecule has 1 amide bonds. The fourth-order valence-electron chi connectivity index (χ4n) is 2.87. The van der Waals surface area contributed by atoms with E-state index in [2.05, 4.69) is 15.5 Å². The molecule has 3 aromatic rings. The van der Waals surface area contributed by atoms with Gasteiger partial charge in [0.15, 0.2) is 10.9 Å². The fraction of sp³-hybridized carbons (Fsp3) is 0.273. The summed E-state index contributed by atoms with van der Waals surface area (Å²) in [6.45, 7) is 4.11. The van der Waals surface area contributed by atoms with E-state index in [4.69, 9.17) is 11.6 Å². The highest BCUT2D eigenvalue weighted by Gasteiger charge is 2.16. The lowest BCUT2D eigenvalue weighted by molar-refractivity contribution is -0.118. The van der Waals surface area contributed by atoms with E-state index < -0.39 is 0 Å². The normalized spacial score (nSPS) is 10.8. The molecular formula is C22H23ClN4O2S. The highest BCUT2D eigenvalue weighted by molar-refractivity contribution is 7.99. The van der Waals surface area contributed by atoms with Gasteiger partial charge in [-0.1, -0.05) is 41.1 Å². The van der Waals surface area contributed by atoms with Crippen LogP contribution < -0.4 is 5.32 Å². The Bertz CT molecular complexity index is 1020. The Labute approximate surface area is 185 Å². The van der Waals surface area contributed by atoms with Crippen LogP contribution >= 0.6 is 23.4 Å². The number of ketones is 1. The molecule has 1 heterocycles. The summed E-state index contributed by atoms with van der Waals surface area (Å²) in [4.78, 5) is 23.6. The second-order valence-electron chi connectivity index (χ2n) is 6.88. The first-order valence-corrected chi connectivity index (χ1v) is 11.0. The van der Waals surface area contributed by atoms with Gasteiger partial charge in [-0.3, -0.25) is 14.2 Å². The van der Waals surface area contributed by atoms with Crippen molar-refractivity contribution in [3.8, 4) is 5.69 Å². The van der Waals surface area contributed by atoms with Crippen LogP contribution in [0.4, 0.5) is 0 Å². The minimum Gasteiger partial charge on any atom is -0.356 e. The third-order valence-corrected chi connectivity index (χ3v) is 5.62. The van der Waals surface area contributed by atoms with Crippen LogP contribution in [0.15, 0.2) is 53.7 Å². The Morgan fingerprint density at radius 1 is 1.07 bits per heavy atom. The number of hydrogen-bond donors (Lipinski definition) is 1. The molecule has 0 saturated carbocycles. The van der Waals surface area contributed by atoms with Crippen LogP contribution in [0, 0.1) is 6.92 Å². The highest BCUT2D eigenvalue weighted by Crippen LogP contribution is 2.24. The molecule has 0 saturated heterocycles. The van der Waals surface area contributed by atoms with Gasteiger partial charge < -0.3 is 5.32 Å². The van der Waals surface area contributed by atoms with Crippen LogP contribution in [0.2, 0.25) is 5.02 Å². The number of rotatable bonds is 9. The summed E-state index contributed by atoms with van der Waals surface area (Å²) in [6.07, 6.45) is 1.41. The van der Waals surface area contributed by atoms with Crippen LogP contribution in [-0.4, -0.2) is 38.8 Å². The molecule has 8 heteroatoms. The third kappa shape index (κ3) is 5.93. The number of Topliss-reactive ketones (excluding diaryl/α,β-unsaturated/α-hetero) is 1. The van der Waals surface area contributed by atoms with Crippen molar-refractivity contribution in [1.82, 2.24) is 20.1 Å². The zero-order valence-corrected chi connectivity index (χ0v) is 18.5. The molecule has 30 heavy (non-hydrogen) atoms. The predicted molar refractivity (Wildman–Crippen MR) is 120 cm³/mol. The van der Waals surface area contributed by atoms with Gasteiger partial charge in [-0.25, -0.2) is 0 Å². The molecule has 0 aliphatic rings. The van der Waals surface area contributed by atoms with E-state index in [-0.39, 0.29) is 17.4 Å². The number of carbonyl (C=O) groups excluding carboxylic acids is 2. The van der Waals surface area contributed by atoms with E-state index in [1.54, 1.807) is 24.3 Å². The first kappa shape index (κ1) is 22.1. The summed E-state index contributed by atoms with van der Waals surface area (Å²) < 4.78 is 1.98. The number of aromatic nitrogens is 3. The number of carbonyl (C=O) groups is 2. The van der Waals surface area contributed by atoms with E-state index >= 15 is 0 Å². The largest absolute Gasteiger partial charge is 0.356 e. The Morgan fingerprint density at radius 3 is 2.43 bits per heavy atom. The number of benzene rings is 2. The molecule has 0 fully saturated rings. The summed E-state index contributed by atoms with van der Waals surface area (Å²) in [5.74, 6) is 0.997. The van der Waals surface area contributed by atoms with Crippen LogP contribution in [0.25, 0.3) is 5.69 Å². The maximum absolute atomic E-state index is 12.5. The summed E-state index contributed by atoms with van der Waals surface area (Å²) in [5, 5.41) is 12.7. The van der Waals surface area contributed by atoms with Crippen molar-refractivity contribution in [2.24, 2.45) is 0 Å². The van der Waals surface area contributed by atoms with Crippen molar-refractivity contribution in [2.45, 2.75) is 31.8 Å². The van der Waals surface area contributed by atoms with Crippen molar-refractivity contribution in [2.75, 3.05) is 12.3 Å². The average molecular weight is 443 g/mol. The highest BCUT2D eigenvalue weighted by atomic mass is 35.5. The van der Waals surface area contributed by atoms with Gasteiger partial charge in [0.25, 0.3) is 0 Å². The van der Waals surface area contributed by atoms with E-state index in [9.17, 15) is 9.59 Å². The first-order chi connectivity index (χ1) is 14.4. The zero-order valence-electron chi connectivity index (χ0n) is 16.9. The van der Waals surface area contributed by atoms with Crippen molar-refractivity contribution in [3.63, 3.8) is 0 Å². The minimum atomic E-state index is -0.0491. The molecule has 3 rings (SSSR count). The molecule has 0 aliphatic carbocycles. The van der Waals surface area contributed by atoms with Crippen LogP contribution in [0.3, 0.4) is 0 Å². The molecule has 1 N–H and O–H groups in total. The van der Waals surface area contributed by atoms with Gasteiger partial charge in [0, 0.05) is 36.2 Å². The summed E-state index contributed by atoms with van der Waals surface area (Å²) in [6, 6.07) is 15.0. The number of aryl methyl sites for hydroxylation is 2. The molecule has 0 radical (unpaired) electrons. The Kier molecular flexibility index (Phi) is 7.65. The Balaban J connectivity index is 1.77. The number of nitrogens with zero attached hydrogens (tertiary/aromatic N) is 3. The van der Waals surface area contributed by atoms with Gasteiger partial charge in [0.2, 0.25) is 5.91 Å². The Morgan fingerprint density at radius 2 is 1.77 bits per heavy atom. The van der Waals surface area contributed by atoms with Gasteiger partial charge in [0.05, 0.1) is 5.75 Å². The average Bonchev–Trinajstić information content (AvgIpc) is 3.13. The van der Waals surface area contributed by atoms with E-state index in [1.807, 2.05) is 35.8 Å². The maximum Gasteiger partial charge on any atom is 0.216 e. The van der Waals surface area contributed by atoms with Gasteiger partial charge in [-0.05, 0) is 49.7 Å². The molecule has 0 unspecified atom stereocenters. The van der Waals surface area contributed by atoms with E-state index in [0.29, 0.717) is 28.7 Å². The molecular weight excluding hydrogens is 420 g/mol. The maximum atomic E-state index is 12.5. The standard InChI is InChI=1S/C22H23ClN4O2S/c1-15-5-11-19(12-6-15)27-21(4-3-13-24-16(2)28)25-26-22(27)30-14-20(29)17-7-9-18(23)10-8-17/h5-12H,3-4,13-14H2,1-2H3,(H,24,28). The molecule has 0 aliphatic heterocycles. The van der Waals surface area contributed by atoms with Crippen molar-refractivity contribution in [1.29, 1.82) is 0 Å². The lowest BCUT2D eigenvalue weighted by Gasteiger charge is -2.11. The van der Waals surface area contributed by atoms with Gasteiger partial charge >= 0.3 is 0 Å². The number of amides is 1. The number of hydrogen-bond acceptors (Lipinski definition) is 5. The molecule has 0 spiro atoms. The number of halogens is 1. The topological polar surface area (TPSA) is 76.9 Å². The van der Waals surface area contributed by atoms with Crippen LogP contribution in [0.5, 0.6) is 0 Å². The summed E-state index contributed by atoms with van der Waals surface area (Å²) in [5.41, 5.74) is 2.72. The molecule has 0 bridgehead atoms. The number of nitrogens with one attached hydrogen (secondary N) is 1. The smallest absolute Gasteiger partial charge is 0.216 e.